The van der Waals surface area contributed by atoms with E-state index in [0.717, 1.165) is 47.0 Å². The van der Waals surface area contributed by atoms with Gasteiger partial charge in [-0.05, 0) is 43.5 Å². The summed E-state index contributed by atoms with van der Waals surface area (Å²) in [7, 11) is 1.65. The average molecular weight is 414 g/mol. The van der Waals surface area contributed by atoms with Crippen molar-refractivity contribution < 1.29 is 9.53 Å². The Morgan fingerprint density at radius 3 is 2.74 bits per heavy atom. The molecule has 6 rings (SSSR count). The van der Waals surface area contributed by atoms with E-state index in [-0.39, 0.29) is 29.5 Å². The van der Waals surface area contributed by atoms with Crippen LogP contribution in [0, 0.1) is 0 Å². The summed E-state index contributed by atoms with van der Waals surface area (Å²) >= 11 is 0. The fourth-order valence-electron chi connectivity index (χ4n) is 5.40. The Labute approximate surface area is 178 Å². The number of rotatable bonds is 2. The second-order valence-corrected chi connectivity index (χ2v) is 8.47. The number of aromatic amines is 1. The molecule has 4 aromatic rings. The Kier molecular flexibility index (Phi) is 3.93. The number of fused-ring (bicyclic) bond motifs is 6. The van der Waals surface area contributed by atoms with Gasteiger partial charge in [-0.3, -0.25) is 9.59 Å². The summed E-state index contributed by atoms with van der Waals surface area (Å²) in [5.41, 5.74) is 2.47. The van der Waals surface area contributed by atoms with Crippen molar-refractivity contribution in [2.75, 3.05) is 7.11 Å². The molecule has 1 amide bonds. The zero-order valence-electron chi connectivity index (χ0n) is 17.1. The Bertz CT molecular complexity index is 1400. The fourth-order valence-corrected chi connectivity index (χ4v) is 5.40. The van der Waals surface area contributed by atoms with Crippen molar-refractivity contribution in [1.82, 2.24) is 20.1 Å². The smallest absolute Gasteiger partial charge is 0.272 e. The van der Waals surface area contributed by atoms with E-state index in [1.54, 1.807) is 7.11 Å². The maximum atomic E-state index is 12.8. The normalized spacial score (nSPS) is 22.7. The van der Waals surface area contributed by atoms with E-state index in [9.17, 15) is 9.59 Å². The summed E-state index contributed by atoms with van der Waals surface area (Å²) in [6.45, 7) is 0. The first-order valence-corrected chi connectivity index (χ1v) is 10.6. The molecule has 1 fully saturated rings. The van der Waals surface area contributed by atoms with Crippen molar-refractivity contribution in [2.45, 2.75) is 37.3 Å². The van der Waals surface area contributed by atoms with E-state index < -0.39 is 0 Å². The molecule has 2 aliphatic rings. The molecule has 0 unspecified atom stereocenters. The maximum absolute atomic E-state index is 12.8. The van der Waals surface area contributed by atoms with Gasteiger partial charge < -0.3 is 14.6 Å². The van der Waals surface area contributed by atoms with Crippen LogP contribution in [0.15, 0.2) is 53.3 Å². The summed E-state index contributed by atoms with van der Waals surface area (Å²) in [5, 5.41) is 13.0. The van der Waals surface area contributed by atoms with E-state index in [4.69, 9.17) is 4.74 Å². The van der Waals surface area contributed by atoms with Crippen molar-refractivity contribution in [3.8, 4) is 5.75 Å². The largest absolute Gasteiger partial charge is 0.497 e. The summed E-state index contributed by atoms with van der Waals surface area (Å²) in [4.78, 5) is 25.0. The first-order valence-electron chi connectivity index (χ1n) is 10.6. The molecule has 2 N–H and O–H groups in total. The molecule has 31 heavy (non-hydrogen) atoms. The zero-order chi connectivity index (χ0) is 21.1. The average Bonchev–Trinajstić information content (AvgIpc) is 3.19. The van der Waals surface area contributed by atoms with Gasteiger partial charge >= 0.3 is 0 Å². The highest BCUT2D eigenvalue weighted by Gasteiger charge is 2.40. The van der Waals surface area contributed by atoms with Crippen molar-refractivity contribution in [3.05, 3.63) is 70.3 Å². The number of hydrogen-bond donors (Lipinski definition) is 2. The van der Waals surface area contributed by atoms with Gasteiger partial charge in [-0.1, -0.05) is 18.2 Å². The molecule has 7 nitrogen and oxygen atoms in total. The van der Waals surface area contributed by atoms with Crippen LogP contribution in [0.2, 0.25) is 0 Å². The van der Waals surface area contributed by atoms with Crippen molar-refractivity contribution in [3.63, 3.8) is 0 Å². The highest BCUT2D eigenvalue weighted by molar-refractivity contribution is 6.00. The molecule has 1 saturated carbocycles. The van der Waals surface area contributed by atoms with E-state index in [1.807, 2.05) is 48.5 Å². The number of nitrogens with one attached hydrogen (secondary N) is 2. The van der Waals surface area contributed by atoms with Crippen molar-refractivity contribution in [2.24, 2.45) is 0 Å². The van der Waals surface area contributed by atoms with Gasteiger partial charge in [-0.25, -0.2) is 5.10 Å². The molecule has 1 aliphatic carbocycles. The van der Waals surface area contributed by atoms with Gasteiger partial charge in [-0.2, -0.15) is 5.10 Å². The summed E-state index contributed by atoms with van der Waals surface area (Å²) in [6.07, 6.45) is 2.60. The number of hydrogen-bond acceptors (Lipinski definition) is 4. The number of H-pyrrole nitrogens is 1. The lowest BCUT2D eigenvalue weighted by Gasteiger charge is -2.41. The quantitative estimate of drug-likeness (QED) is 0.525. The second kappa shape index (κ2) is 6.70. The molecule has 2 aromatic heterocycles. The highest BCUT2D eigenvalue weighted by Crippen LogP contribution is 2.44. The van der Waals surface area contributed by atoms with E-state index in [1.165, 1.54) is 0 Å². The topological polar surface area (TPSA) is 89.0 Å². The first-order chi connectivity index (χ1) is 15.1. The van der Waals surface area contributed by atoms with Crippen LogP contribution in [0.1, 0.15) is 47.4 Å². The number of aromatic nitrogens is 3. The van der Waals surface area contributed by atoms with Crippen LogP contribution in [0.25, 0.3) is 21.7 Å². The number of nitrogens with zero attached hydrogens (tertiary/aromatic N) is 2. The lowest BCUT2D eigenvalue weighted by atomic mass is 9.78. The number of benzene rings is 2. The molecule has 2 aromatic carbocycles. The van der Waals surface area contributed by atoms with Crippen LogP contribution in [-0.2, 0) is 0 Å². The second-order valence-electron chi connectivity index (χ2n) is 8.47. The van der Waals surface area contributed by atoms with E-state index >= 15 is 0 Å². The zero-order valence-corrected chi connectivity index (χ0v) is 17.1. The third-order valence-electron chi connectivity index (χ3n) is 6.86. The number of carbonyl (C=O) groups is 1. The summed E-state index contributed by atoms with van der Waals surface area (Å²) < 4.78 is 7.62. The molecular weight excluding hydrogens is 392 g/mol. The van der Waals surface area contributed by atoms with Crippen LogP contribution in [0.5, 0.6) is 5.75 Å². The molecule has 0 bridgehead atoms. The highest BCUT2D eigenvalue weighted by atomic mass is 16.5. The maximum Gasteiger partial charge on any atom is 0.272 e. The molecular formula is C24H22N4O3. The Morgan fingerprint density at radius 1 is 1.06 bits per heavy atom. The molecule has 0 spiro atoms. The summed E-state index contributed by atoms with van der Waals surface area (Å²) in [5.74, 6) is 0.938. The number of carbonyl (C=O) groups excluding carboxylic acids is 1. The van der Waals surface area contributed by atoms with Gasteiger partial charge in [0.25, 0.3) is 11.5 Å². The summed E-state index contributed by atoms with van der Waals surface area (Å²) in [6, 6.07) is 15.7. The minimum absolute atomic E-state index is 0.0255. The van der Waals surface area contributed by atoms with Gasteiger partial charge in [0.05, 0.1) is 29.7 Å². The number of ether oxygens (including phenoxy) is 1. The molecule has 3 atom stereocenters. The molecule has 0 saturated heterocycles. The number of methoxy groups -OCH3 is 1. The third kappa shape index (κ3) is 2.69. The van der Waals surface area contributed by atoms with Crippen LogP contribution < -0.4 is 15.6 Å². The molecule has 1 aliphatic heterocycles. The fraction of sp³-hybridized carbons (Fsp3) is 0.292. The van der Waals surface area contributed by atoms with Crippen LogP contribution in [0.4, 0.5) is 0 Å². The monoisotopic (exact) mass is 414 g/mol. The van der Waals surface area contributed by atoms with Crippen LogP contribution >= 0.6 is 0 Å². The number of amides is 1. The van der Waals surface area contributed by atoms with E-state index in [2.05, 4.69) is 20.1 Å². The van der Waals surface area contributed by atoms with Crippen LogP contribution in [0.3, 0.4) is 0 Å². The standard InChI is InChI=1S/C24H22N4O3/c1-31-15-8-6-13-10-21-24(30)25-18-9-7-14(11-20(18)28(21)19(13)12-15)22-16-4-2-3-5-17(16)23(29)27-26-22/h2-6,8,10,12,14,18,20H,7,9,11H2,1H3,(H,25,30)(H,27,29)/t14-,18-,20-/m0/s1. The van der Waals surface area contributed by atoms with Gasteiger partial charge in [-0.15, -0.1) is 0 Å². The van der Waals surface area contributed by atoms with Crippen molar-refractivity contribution in [1.29, 1.82) is 0 Å². The minimum Gasteiger partial charge on any atom is -0.497 e. The molecule has 7 heteroatoms. The first kappa shape index (κ1) is 18.2. The third-order valence-corrected chi connectivity index (χ3v) is 6.86. The van der Waals surface area contributed by atoms with Crippen LogP contribution in [-0.4, -0.2) is 33.8 Å². The van der Waals surface area contributed by atoms with Gasteiger partial charge in [0.1, 0.15) is 11.4 Å². The van der Waals surface area contributed by atoms with Gasteiger partial charge in [0, 0.05) is 28.8 Å². The lowest BCUT2D eigenvalue weighted by Crippen LogP contribution is -2.49. The Balaban J connectivity index is 1.47. The molecule has 0 radical (unpaired) electrons. The van der Waals surface area contributed by atoms with Crippen molar-refractivity contribution >= 4 is 27.6 Å². The molecule has 3 heterocycles. The van der Waals surface area contributed by atoms with Gasteiger partial charge in [0.15, 0.2) is 0 Å². The predicted octanol–water partition coefficient (Wildman–Crippen LogP) is 3.51. The van der Waals surface area contributed by atoms with E-state index in [0.29, 0.717) is 11.1 Å². The van der Waals surface area contributed by atoms with Gasteiger partial charge in [0.2, 0.25) is 0 Å². The molecule has 156 valence electrons. The minimum atomic E-state index is -0.163. The predicted molar refractivity (Wildman–Crippen MR) is 118 cm³/mol. The Morgan fingerprint density at radius 2 is 1.90 bits per heavy atom. The SMILES string of the molecule is COc1ccc2cc3n(c2c1)[C@H]1C[C@@H](c2n[nH]c(=O)c4ccccc24)CC[C@@H]1NC3=O. The lowest BCUT2D eigenvalue weighted by molar-refractivity contribution is 0.0847. The Hall–Kier alpha value is -3.61.